The van der Waals surface area contributed by atoms with E-state index in [2.05, 4.69) is 0 Å². The highest BCUT2D eigenvalue weighted by Gasteiger charge is 2.12. The Labute approximate surface area is 114 Å². The zero-order valence-corrected chi connectivity index (χ0v) is 12.1. The maximum absolute atomic E-state index is 12.8. The largest absolute Gasteiger partial charge is 0.330 e. The molecule has 1 aromatic rings. The molecule has 0 aromatic heterocycles. The molecule has 2 N–H and O–H groups in total. The van der Waals surface area contributed by atoms with Crippen LogP contribution in [0.4, 0.5) is 4.39 Å². The van der Waals surface area contributed by atoms with E-state index >= 15 is 0 Å². The maximum Gasteiger partial charge on any atom is 0.150 e. The fourth-order valence-electron chi connectivity index (χ4n) is 1.99. The molecular weight excluding hydrogens is 265 g/mol. The van der Waals surface area contributed by atoms with Gasteiger partial charge in [0.1, 0.15) is 15.7 Å². The maximum atomic E-state index is 12.8. The fourth-order valence-corrected chi connectivity index (χ4v) is 2.89. The molecule has 0 aliphatic rings. The van der Waals surface area contributed by atoms with Gasteiger partial charge in [-0.1, -0.05) is 19.1 Å². The molecule has 0 fully saturated rings. The van der Waals surface area contributed by atoms with Gasteiger partial charge in [-0.05, 0) is 49.4 Å². The van der Waals surface area contributed by atoms with Gasteiger partial charge in [0, 0.05) is 5.75 Å². The molecule has 0 amide bonds. The predicted octanol–water partition coefficient (Wildman–Crippen LogP) is 2.16. The Bertz CT molecular complexity index is 471. The smallest absolute Gasteiger partial charge is 0.150 e. The second kappa shape index (κ2) is 7.60. The summed E-state index contributed by atoms with van der Waals surface area (Å²) in [5.74, 6) is 0.418. The Hall–Kier alpha value is -0.940. The van der Waals surface area contributed by atoms with E-state index in [1.54, 1.807) is 19.1 Å². The van der Waals surface area contributed by atoms with Crippen LogP contribution in [-0.4, -0.2) is 26.5 Å². The molecule has 0 saturated carbocycles. The number of hydrogen-bond donors (Lipinski definition) is 1. The molecule has 108 valence electrons. The number of hydrogen-bond acceptors (Lipinski definition) is 3. The van der Waals surface area contributed by atoms with Crippen LogP contribution in [0, 0.1) is 11.7 Å². The van der Waals surface area contributed by atoms with Gasteiger partial charge in [0.15, 0.2) is 0 Å². The summed E-state index contributed by atoms with van der Waals surface area (Å²) in [6, 6.07) is 6.37. The Morgan fingerprint density at radius 3 is 2.42 bits per heavy atom. The van der Waals surface area contributed by atoms with Crippen molar-refractivity contribution in [3.05, 3.63) is 35.6 Å². The highest BCUT2D eigenvalue weighted by atomic mass is 32.2. The summed E-state index contributed by atoms with van der Waals surface area (Å²) in [4.78, 5) is 0. The lowest BCUT2D eigenvalue weighted by Crippen LogP contribution is -2.18. The molecule has 0 aliphatic heterocycles. The molecule has 0 aliphatic carbocycles. The van der Waals surface area contributed by atoms with E-state index in [0.29, 0.717) is 13.0 Å². The summed E-state index contributed by atoms with van der Waals surface area (Å²) in [7, 11) is -2.89. The number of nitrogens with two attached hydrogens (primary N) is 1. The van der Waals surface area contributed by atoms with Crippen LogP contribution in [-0.2, 0) is 16.3 Å². The van der Waals surface area contributed by atoms with Crippen LogP contribution in [0.1, 0.15) is 25.3 Å². The molecule has 0 heterocycles. The Morgan fingerprint density at radius 2 is 1.89 bits per heavy atom. The van der Waals surface area contributed by atoms with Gasteiger partial charge in [0.2, 0.25) is 0 Å². The Balaban J connectivity index is 2.44. The van der Waals surface area contributed by atoms with Crippen molar-refractivity contribution < 1.29 is 12.8 Å². The average molecular weight is 287 g/mol. The molecule has 3 nitrogen and oxygen atoms in total. The third-order valence-corrected chi connectivity index (χ3v) is 5.07. The summed E-state index contributed by atoms with van der Waals surface area (Å²) in [6.45, 7) is 2.18. The second-order valence-electron chi connectivity index (χ2n) is 4.81. The van der Waals surface area contributed by atoms with Crippen LogP contribution in [0.5, 0.6) is 0 Å². The van der Waals surface area contributed by atoms with Gasteiger partial charge in [0.25, 0.3) is 0 Å². The molecule has 1 rings (SSSR count). The number of rotatable bonds is 8. The molecule has 1 atom stereocenters. The normalized spacial score (nSPS) is 13.4. The van der Waals surface area contributed by atoms with Crippen molar-refractivity contribution in [1.82, 2.24) is 0 Å². The fraction of sp³-hybridized carbons (Fsp3) is 0.571. The van der Waals surface area contributed by atoms with E-state index in [1.165, 1.54) is 12.1 Å². The minimum atomic E-state index is -2.89. The van der Waals surface area contributed by atoms with Crippen LogP contribution in [0.15, 0.2) is 24.3 Å². The first-order valence-electron chi connectivity index (χ1n) is 6.61. The molecule has 0 spiro atoms. The summed E-state index contributed by atoms with van der Waals surface area (Å²) in [5, 5.41) is 0. The van der Waals surface area contributed by atoms with Crippen LogP contribution in [0.25, 0.3) is 0 Å². The van der Waals surface area contributed by atoms with Gasteiger partial charge >= 0.3 is 0 Å². The molecule has 1 aromatic carbocycles. The van der Waals surface area contributed by atoms with Gasteiger partial charge < -0.3 is 5.73 Å². The predicted molar refractivity (Wildman–Crippen MR) is 76.2 cm³/mol. The molecule has 0 radical (unpaired) electrons. The summed E-state index contributed by atoms with van der Waals surface area (Å²) in [6.07, 6.45) is 2.19. The van der Waals surface area contributed by atoms with Crippen molar-refractivity contribution in [2.75, 3.05) is 18.1 Å². The minimum Gasteiger partial charge on any atom is -0.330 e. The van der Waals surface area contributed by atoms with E-state index in [9.17, 15) is 12.8 Å². The molecule has 19 heavy (non-hydrogen) atoms. The summed E-state index contributed by atoms with van der Waals surface area (Å²) < 4.78 is 35.6. The second-order valence-corrected chi connectivity index (χ2v) is 7.28. The van der Waals surface area contributed by atoms with Crippen molar-refractivity contribution in [3.8, 4) is 0 Å². The van der Waals surface area contributed by atoms with E-state index in [4.69, 9.17) is 5.73 Å². The summed E-state index contributed by atoms with van der Waals surface area (Å²) >= 11 is 0. The standard InChI is InChI=1S/C14H22FNO2S/c1-2-19(17,18)9-3-4-13(11-16)10-12-5-7-14(15)8-6-12/h5-8,13H,2-4,9-11,16H2,1H3. The molecular formula is C14H22FNO2S. The zero-order valence-electron chi connectivity index (χ0n) is 11.3. The first kappa shape index (κ1) is 16.1. The number of halogens is 1. The van der Waals surface area contributed by atoms with E-state index in [1.807, 2.05) is 0 Å². The first-order chi connectivity index (χ1) is 8.96. The van der Waals surface area contributed by atoms with E-state index in [-0.39, 0.29) is 23.2 Å². The van der Waals surface area contributed by atoms with Gasteiger partial charge in [-0.3, -0.25) is 0 Å². The molecule has 5 heteroatoms. The van der Waals surface area contributed by atoms with Crippen molar-refractivity contribution in [2.45, 2.75) is 26.2 Å². The molecule has 1 unspecified atom stereocenters. The number of sulfone groups is 1. The van der Waals surface area contributed by atoms with Crippen LogP contribution in [0.2, 0.25) is 0 Å². The zero-order chi connectivity index (χ0) is 14.3. The van der Waals surface area contributed by atoms with Gasteiger partial charge in [-0.25, -0.2) is 12.8 Å². The lowest BCUT2D eigenvalue weighted by molar-refractivity contribution is 0.485. The topological polar surface area (TPSA) is 60.2 Å². The first-order valence-corrected chi connectivity index (χ1v) is 8.44. The van der Waals surface area contributed by atoms with Crippen LogP contribution >= 0.6 is 0 Å². The Morgan fingerprint density at radius 1 is 1.26 bits per heavy atom. The van der Waals surface area contributed by atoms with Crippen LogP contribution in [0.3, 0.4) is 0 Å². The van der Waals surface area contributed by atoms with Crippen molar-refractivity contribution in [2.24, 2.45) is 11.7 Å². The number of benzene rings is 1. The third kappa shape index (κ3) is 6.16. The highest BCUT2D eigenvalue weighted by molar-refractivity contribution is 7.91. The monoisotopic (exact) mass is 287 g/mol. The lowest BCUT2D eigenvalue weighted by atomic mass is 9.95. The average Bonchev–Trinajstić information content (AvgIpc) is 2.40. The Kier molecular flexibility index (Phi) is 6.45. The van der Waals surface area contributed by atoms with E-state index in [0.717, 1.165) is 18.4 Å². The van der Waals surface area contributed by atoms with E-state index < -0.39 is 9.84 Å². The third-order valence-electron chi connectivity index (χ3n) is 3.28. The molecule has 0 saturated heterocycles. The van der Waals surface area contributed by atoms with Crippen molar-refractivity contribution >= 4 is 9.84 Å². The lowest BCUT2D eigenvalue weighted by Gasteiger charge is -2.14. The minimum absolute atomic E-state index is 0.193. The van der Waals surface area contributed by atoms with Crippen molar-refractivity contribution in [3.63, 3.8) is 0 Å². The van der Waals surface area contributed by atoms with Gasteiger partial charge in [0.05, 0.1) is 5.75 Å². The van der Waals surface area contributed by atoms with Crippen molar-refractivity contribution in [1.29, 1.82) is 0 Å². The van der Waals surface area contributed by atoms with Gasteiger partial charge in [-0.15, -0.1) is 0 Å². The van der Waals surface area contributed by atoms with Crippen LogP contribution < -0.4 is 5.73 Å². The SMILES string of the molecule is CCS(=O)(=O)CCCC(CN)Cc1ccc(F)cc1. The quantitative estimate of drug-likeness (QED) is 0.797. The van der Waals surface area contributed by atoms with Gasteiger partial charge in [-0.2, -0.15) is 0 Å². The molecule has 0 bridgehead atoms. The highest BCUT2D eigenvalue weighted by Crippen LogP contribution is 2.14. The summed E-state index contributed by atoms with van der Waals surface area (Å²) in [5.41, 5.74) is 6.75.